The van der Waals surface area contributed by atoms with Crippen molar-refractivity contribution in [2.24, 2.45) is 14.1 Å². The Kier molecular flexibility index (Phi) is 4.18. The van der Waals surface area contributed by atoms with E-state index in [1.807, 2.05) is 12.1 Å². The topological polar surface area (TPSA) is 91.1 Å². The molecule has 0 spiro atoms. The molecular formula is C17H18N4O4. The molecule has 0 saturated carbocycles. The Morgan fingerprint density at radius 3 is 2.52 bits per heavy atom. The molecule has 0 amide bonds. The molecule has 0 atom stereocenters. The Labute approximate surface area is 143 Å². The number of ether oxygens (including phenoxy) is 2. The highest BCUT2D eigenvalue weighted by molar-refractivity contribution is 5.77. The van der Waals surface area contributed by atoms with Gasteiger partial charge < -0.3 is 14.5 Å². The van der Waals surface area contributed by atoms with Crippen LogP contribution in [0.5, 0.6) is 11.5 Å². The van der Waals surface area contributed by atoms with E-state index in [0.717, 1.165) is 10.1 Å². The summed E-state index contributed by atoms with van der Waals surface area (Å²) in [7, 11) is 6.14. The molecule has 8 heteroatoms. The van der Waals surface area contributed by atoms with Crippen LogP contribution in [-0.2, 0) is 14.1 Å². The number of imidazole rings is 1. The van der Waals surface area contributed by atoms with E-state index in [4.69, 9.17) is 9.47 Å². The van der Waals surface area contributed by atoms with Gasteiger partial charge in [0.1, 0.15) is 11.3 Å². The molecule has 3 aromatic rings. The molecule has 2 heterocycles. The lowest BCUT2D eigenvalue weighted by atomic mass is 10.1. The lowest BCUT2D eigenvalue weighted by Crippen LogP contribution is -2.36. The molecule has 25 heavy (non-hydrogen) atoms. The standard InChI is InChI=1S/C17H18N4O4/c1-20-15-13(16(22)21(2)17(20)23)18-12(19-15)9-8-10-6-5-7-11(24-3)14(10)25-4/h5-9H,1-4H3,(H,18,19)/b9-8+. The van der Waals surface area contributed by atoms with Crippen molar-refractivity contribution in [2.45, 2.75) is 0 Å². The van der Waals surface area contributed by atoms with E-state index in [9.17, 15) is 9.59 Å². The zero-order valence-electron chi connectivity index (χ0n) is 14.4. The van der Waals surface area contributed by atoms with Crippen LogP contribution in [0.1, 0.15) is 11.4 Å². The van der Waals surface area contributed by atoms with Gasteiger partial charge in [0, 0.05) is 19.7 Å². The van der Waals surface area contributed by atoms with Crippen LogP contribution in [0.4, 0.5) is 0 Å². The molecule has 0 bridgehead atoms. The fraction of sp³-hybridized carbons (Fsp3) is 0.235. The van der Waals surface area contributed by atoms with Crippen LogP contribution < -0.4 is 20.7 Å². The Morgan fingerprint density at radius 1 is 1.08 bits per heavy atom. The Bertz CT molecular complexity index is 1090. The minimum absolute atomic E-state index is 0.279. The van der Waals surface area contributed by atoms with Crippen molar-refractivity contribution in [1.29, 1.82) is 0 Å². The molecule has 0 aliphatic rings. The molecule has 0 saturated heterocycles. The molecule has 8 nitrogen and oxygen atoms in total. The van der Waals surface area contributed by atoms with Gasteiger partial charge in [-0.3, -0.25) is 13.9 Å². The first-order valence-electron chi connectivity index (χ1n) is 7.52. The zero-order chi connectivity index (χ0) is 18.1. The normalized spacial score (nSPS) is 11.4. The van der Waals surface area contributed by atoms with Crippen LogP contribution in [-0.4, -0.2) is 33.3 Å². The summed E-state index contributed by atoms with van der Waals surface area (Å²) in [5.74, 6) is 1.67. The number of hydrogen-bond donors (Lipinski definition) is 1. The number of fused-ring (bicyclic) bond motifs is 1. The fourth-order valence-electron chi connectivity index (χ4n) is 2.63. The van der Waals surface area contributed by atoms with Gasteiger partial charge in [0.25, 0.3) is 5.56 Å². The van der Waals surface area contributed by atoms with Crippen molar-refractivity contribution in [3.63, 3.8) is 0 Å². The summed E-state index contributed by atoms with van der Waals surface area (Å²) in [5.41, 5.74) is 0.550. The Morgan fingerprint density at radius 2 is 1.84 bits per heavy atom. The molecule has 0 unspecified atom stereocenters. The van der Waals surface area contributed by atoms with Crippen molar-refractivity contribution in [2.75, 3.05) is 14.2 Å². The van der Waals surface area contributed by atoms with Gasteiger partial charge in [-0.2, -0.15) is 0 Å². The van der Waals surface area contributed by atoms with Gasteiger partial charge in [-0.1, -0.05) is 12.1 Å². The molecule has 130 valence electrons. The van der Waals surface area contributed by atoms with E-state index >= 15 is 0 Å². The first kappa shape index (κ1) is 16.6. The summed E-state index contributed by atoms with van der Waals surface area (Å²) in [4.78, 5) is 31.4. The monoisotopic (exact) mass is 342 g/mol. The van der Waals surface area contributed by atoms with Crippen molar-refractivity contribution in [3.8, 4) is 11.5 Å². The quantitative estimate of drug-likeness (QED) is 0.768. The van der Waals surface area contributed by atoms with Crippen LogP contribution in [0.15, 0.2) is 27.8 Å². The second kappa shape index (κ2) is 6.31. The first-order chi connectivity index (χ1) is 12.0. The second-order valence-corrected chi connectivity index (χ2v) is 5.44. The fourth-order valence-corrected chi connectivity index (χ4v) is 2.63. The molecule has 3 rings (SSSR count). The zero-order valence-corrected chi connectivity index (χ0v) is 14.4. The third kappa shape index (κ3) is 2.71. The maximum atomic E-state index is 12.2. The third-order valence-corrected chi connectivity index (χ3v) is 3.97. The molecular weight excluding hydrogens is 324 g/mol. The number of para-hydroxylation sites is 1. The van der Waals surface area contributed by atoms with E-state index in [-0.39, 0.29) is 5.52 Å². The summed E-state index contributed by atoms with van der Waals surface area (Å²) in [6, 6.07) is 5.52. The van der Waals surface area contributed by atoms with Gasteiger partial charge >= 0.3 is 5.69 Å². The number of rotatable bonds is 4. The minimum Gasteiger partial charge on any atom is -0.493 e. The number of aromatic amines is 1. The summed E-state index contributed by atoms with van der Waals surface area (Å²) >= 11 is 0. The number of H-pyrrole nitrogens is 1. The van der Waals surface area contributed by atoms with Gasteiger partial charge in [-0.05, 0) is 18.2 Å². The van der Waals surface area contributed by atoms with E-state index in [1.165, 1.54) is 11.6 Å². The third-order valence-electron chi connectivity index (χ3n) is 3.97. The maximum Gasteiger partial charge on any atom is 0.332 e. The predicted molar refractivity (Wildman–Crippen MR) is 95.0 cm³/mol. The molecule has 0 radical (unpaired) electrons. The number of hydrogen-bond acceptors (Lipinski definition) is 5. The van der Waals surface area contributed by atoms with Crippen molar-refractivity contribution >= 4 is 23.3 Å². The summed E-state index contributed by atoms with van der Waals surface area (Å²) in [6.07, 6.45) is 3.50. The van der Waals surface area contributed by atoms with Crippen LogP contribution in [0, 0.1) is 0 Å². The number of aromatic nitrogens is 4. The van der Waals surface area contributed by atoms with Gasteiger partial charge in [0.15, 0.2) is 17.1 Å². The number of nitrogens with zero attached hydrogens (tertiary/aromatic N) is 3. The van der Waals surface area contributed by atoms with E-state index in [0.29, 0.717) is 23.0 Å². The molecule has 1 N–H and O–H groups in total. The van der Waals surface area contributed by atoms with Crippen LogP contribution >= 0.6 is 0 Å². The van der Waals surface area contributed by atoms with Gasteiger partial charge in [-0.25, -0.2) is 9.78 Å². The molecule has 0 aliphatic carbocycles. The van der Waals surface area contributed by atoms with Crippen LogP contribution in [0.25, 0.3) is 23.3 Å². The Hall–Kier alpha value is -3.29. The van der Waals surface area contributed by atoms with Gasteiger partial charge in [-0.15, -0.1) is 0 Å². The maximum absolute atomic E-state index is 12.2. The van der Waals surface area contributed by atoms with Gasteiger partial charge in [0.05, 0.1) is 14.2 Å². The number of benzene rings is 1. The lowest BCUT2D eigenvalue weighted by molar-refractivity contribution is 0.354. The number of nitrogens with one attached hydrogen (secondary N) is 1. The van der Waals surface area contributed by atoms with Crippen molar-refractivity contribution in [1.82, 2.24) is 19.1 Å². The van der Waals surface area contributed by atoms with Crippen molar-refractivity contribution < 1.29 is 9.47 Å². The molecule has 0 fully saturated rings. The van der Waals surface area contributed by atoms with Gasteiger partial charge in [0.2, 0.25) is 0 Å². The largest absolute Gasteiger partial charge is 0.493 e. The highest BCUT2D eigenvalue weighted by Crippen LogP contribution is 2.31. The highest BCUT2D eigenvalue weighted by atomic mass is 16.5. The van der Waals surface area contributed by atoms with Crippen LogP contribution in [0.2, 0.25) is 0 Å². The predicted octanol–water partition coefficient (Wildman–Crippen LogP) is 1.15. The molecule has 1 aromatic carbocycles. The first-order valence-corrected chi connectivity index (χ1v) is 7.52. The average Bonchev–Trinajstić information content (AvgIpc) is 3.07. The second-order valence-electron chi connectivity index (χ2n) is 5.44. The number of methoxy groups -OCH3 is 2. The summed E-state index contributed by atoms with van der Waals surface area (Å²) in [6.45, 7) is 0. The van der Waals surface area contributed by atoms with E-state index < -0.39 is 11.2 Å². The SMILES string of the molecule is COc1cccc(/C=C/c2nc3c([nH]2)c(=O)n(C)c(=O)n3C)c1OC. The molecule has 2 aromatic heterocycles. The minimum atomic E-state index is -0.422. The summed E-state index contributed by atoms with van der Waals surface area (Å²) < 4.78 is 13.0. The van der Waals surface area contributed by atoms with Crippen molar-refractivity contribution in [3.05, 3.63) is 50.4 Å². The number of aryl methyl sites for hydroxylation is 1. The van der Waals surface area contributed by atoms with E-state index in [2.05, 4.69) is 9.97 Å². The lowest BCUT2D eigenvalue weighted by Gasteiger charge is -2.09. The van der Waals surface area contributed by atoms with E-state index in [1.54, 1.807) is 39.5 Å². The smallest absolute Gasteiger partial charge is 0.332 e. The molecule has 0 aliphatic heterocycles. The van der Waals surface area contributed by atoms with Crippen LogP contribution in [0.3, 0.4) is 0 Å². The highest BCUT2D eigenvalue weighted by Gasteiger charge is 2.12. The summed E-state index contributed by atoms with van der Waals surface area (Å²) in [5, 5.41) is 0. The average molecular weight is 342 g/mol. The Balaban J connectivity index is 2.09.